The number of hydrogen-bond acceptors (Lipinski definition) is 4. The number of nitriles is 1. The molecule has 0 bridgehead atoms. The summed E-state index contributed by atoms with van der Waals surface area (Å²) in [5, 5.41) is 13.3. The number of carbonyl (C=O) groups is 1. The molecule has 5 nitrogen and oxygen atoms in total. The van der Waals surface area contributed by atoms with Crippen LogP contribution < -0.4 is 14.8 Å². The number of methoxy groups -OCH3 is 1. The minimum absolute atomic E-state index is 0.0854. The zero-order valence-corrected chi connectivity index (χ0v) is 18.1. The Labute approximate surface area is 190 Å². The second-order valence-electron chi connectivity index (χ2n) is 6.46. The maximum absolute atomic E-state index is 12.6. The summed E-state index contributed by atoms with van der Waals surface area (Å²) in [7, 11) is 1.55. The summed E-state index contributed by atoms with van der Waals surface area (Å²) < 4.78 is 11.2. The molecule has 1 amide bonds. The molecule has 0 saturated heterocycles. The van der Waals surface area contributed by atoms with Crippen molar-refractivity contribution in [1.82, 2.24) is 0 Å². The molecule has 0 aliphatic heterocycles. The highest BCUT2D eigenvalue weighted by atomic mass is 35.5. The third-order valence-corrected chi connectivity index (χ3v) is 4.72. The monoisotopic (exact) mass is 452 g/mol. The Morgan fingerprint density at radius 2 is 1.81 bits per heavy atom. The van der Waals surface area contributed by atoms with Crippen molar-refractivity contribution in [3.8, 4) is 17.6 Å². The van der Waals surface area contributed by atoms with Crippen molar-refractivity contribution >= 4 is 40.9 Å². The van der Waals surface area contributed by atoms with Crippen LogP contribution in [0.15, 0.2) is 72.3 Å². The molecule has 0 unspecified atom stereocenters. The zero-order valence-electron chi connectivity index (χ0n) is 16.6. The normalized spacial score (nSPS) is 10.8. The first kappa shape index (κ1) is 22.2. The van der Waals surface area contributed by atoms with Gasteiger partial charge in [-0.05, 0) is 54.1 Å². The summed E-state index contributed by atoms with van der Waals surface area (Å²) in [6.07, 6.45) is 1.46. The number of nitrogens with zero attached hydrogens (tertiary/aromatic N) is 1. The third kappa shape index (κ3) is 6.26. The number of hydrogen-bond donors (Lipinski definition) is 1. The third-order valence-electron chi connectivity index (χ3n) is 4.25. The zero-order chi connectivity index (χ0) is 22.2. The largest absolute Gasteiger partial charge is 0.497 e. The Hall–Kier alpha value is -3.46. The van der Waals surface area contributed by atoms with E-state index in [1.807, 2.05) is 18.2 Å². The average molecular weight is 453 g/mol. The fraction of sp³-hybridized carbons (Fsp3) is 0.0833. The van der Waals surface area contributed by atoms with Crippen LogP contribution in [0.5, 0.6) is 11.5 Å². The van der Waals surface area contributed by atoms with E-state index in [0.717, 1.165) is 5.56 Å². The van der Waals surface area contributed by atoms with Gasteiger partial charge in [0, 0.05) is 27.4 Å². The highest BCUT2D eigenvalue weighted by Crippen LogP contribution is 2.28. The van der Waals surface area contributed by atoms with Crippen molar-refractivity contribution in [2.24, 2.45) is 0 Å². The molecule has 0 aromatic heterocycles. The van der Waals surface area contributed by atoms with Crippen LogP contribution in [0.3, 0.4) is 0 Å². The second kappa shape index (κ2) is 10.5. The summed E-state index contributed by atoms with van der Waals surface area (Å²) in [5.74, 6) is 0.490. The van der Waals surface area contributed by atoms with E-state index < -0.39 is 5.91 Å². The van der Waals surface area contributed by atoms with Gasteiger partial charge in [-0.25, -0.2) is 0 Å². The number of halogens is 2. The van der Waals surface area contributed by atoms with Crippen LogP contribution in [0.1, 0.15) is 11.1 Å². The molecule has 0 heterocycles. The van der Waals surface area contributed by atoms with E-state index in [1.54, 1.807) is 61.7 Å². The summed E-state index contributed by atoms with van der Waals surface area (Å²) in [6, 6.07) is 21.1. The lowest BCUT2D eigenvalue weighted by molar-refractivity contribution is -0.112. The second-order valence-corrected chi connectivity index (χ2v) is 7.33. The van der Waals surface area contributed by atoms with E-state index in [4.69, 9.17) is 32.7 Å². The molecule has 7 heteroatoms. The number of ether oxygens (including phenoxy) is 2. The Morgan fingerprint density at radius 1 is 1.06 bits per heavy atom. The Balaban J connectivity index is 1.86. The molecule has 0 radical (unpaired) electrons. The Bertz CT molecular complexity index is 1170. The fourth-order valence-electron chi connectivity index (χ4n) is 2.74. The fourth-order valence-corrected chi connectivity index (χ4v) is 3.15. The number of anilines is 1. The minimum Gasteiger partial charge on any atom is -0.497 e. The average Bonchev–Trinajstić information content (AvgIpc) is 2.76. The van der Waals surface area contributed by atoms with Gasteiger partial charge in [-0.3, -0.25) is 4.79 Å². The maximum atomic E-state index is 12.6. The lowest BCUT2D eigenvalue weighted by Gasteiger charge is -2.12. The molecule has 156 valence electrons. The predicted octanol–water partition coefficient (Wildman–Crippen LogP) is 6.13. The quantitative estimate of drug-likeness (QED) is 0.345. The van der Waals surface area contributed by atoms with Crippen molar-refractivity contribution < 1.29 is 14.3 Å². The molecule has 0 spiro atoms. The van der Waals surface area contributed by atoms with Crippen LogP contribution in [0.25, 0.3) is 6.08 Å². The van der Waals surface area contributed by atoms with Crippen molar-refractivity contribution in [3.05, 3.63) is 93.5 Å². The molecule has 3 rings (SSSR count). The van der Waals surface area contributed by atoms with Gasteiger partial charge in [0.1, 0.15) is 29.7 Å². The van der Waals surface area contributed by atoms with Crippen LogP contribution in [0.2, 0.25) is 10.0 Å². The highest BCUT2D eigenvalue weighted by molar-refractivity contribution is 6.31. The number of nitrogens with one attached hydrogen (secondary N) is 1. The van der Waals surface area contributed by atoms with E-state index in [1.165, 1.54) is 6.08 Å². The van der Waals surface area contributed by atoms with Gasteiger partial charge in [-0.2, -0.15) is 5.26 Å². The molecular formula is C24H18Cl2N2O3. The first-order valence-electron chi connectivity index (χ1n) is 9.22. The molecule has 0 aliphatic carbocycles. The molecule has 0 atom stereocenters. The number of amides is 1. The van der Waals surface area contributed by atoms with Crippen LogP contribution in [0, 0.1) is 11.3 Å². The smallest absolute Gasteiger partial charge is 0.266 e. The minimum atomic E-state index is -0.554. The molecule has 3 aromatic rings. The molecular weight excluding hydrogens is 435 g/mol. The van der Waals surface area contributed by atoms with Crippen molar-refractivity contribution in [2.75, 3.05) is 12.4 Å². The van der Waals surface area contributed by atoms with Crippen LogP contribution in [-0.4, -0.2) is 13.0 Å². The number of rotatable bonds is 7. The maximum Gasteiger partial charge on any atom is 0.266 e. The lowest BCUT2D eigenvalue weighted by atomic mass is 10.1. The first-order valence-corrected chi connectivity index (χ1v) is 9.98. The Morgan fingerprint density at radius 3 is 2.48 bits per heavy atom. The molecule has 31 heavy (non-hydrogen) atoms. The van der Waals surface area contributed by atoms with Gasteiger partial charge < -0.3 is 14.8 Å². The van der Waals surface area contributed by atoms with Crippen molar-refractivity contribution in [1.29, 1.82) is 5.26 Å². The first-order chi connectivity index (χ1) is 15.0. The van der Waals surface area contributed by atoms with E-state index >= 15 is 0 Å². The summed E-state index contributed by atoms with van der Waals surface area (Å²) in [5.41, 5.74) is 1.84. The molecule has 0 aliphatic rings. The number of carbonyl (C=O) groups excluding carboxylic acids is 1. The van der Waals surface area contributed by atoms with Gasteiger partial charge in [-0.15, -0.1) is 0 Å². The van der Waals surface area contributed by atoms with Crippen LogP contribution >= 0.6 is 23.2 Å². The summed E-state index contributed by atoms with van der Waals surface area (Å²) in [6.45, 7) is 0.255. The standard InChI is InChI=1S/C24H18Cl2N2O3/c1-30-22-9-8-17(23(13-22)31-15-16-4-2-5-19(25)10-16)11-18(14-27)24(29)28-21-7-3-6-20(26)12-21/h2-13H,15H2,1H3,(H,28,29)/b18-11+. The van der Waals surface area contributed by atoms with Crippen LogP contribution in [0.4, 0.5) is 5.69 Å². The van der Waals surface area contributed by atoms with Crippen molar-refractivity contribution in [2.45, 2.75) is 6.61 Å². The van der Waals surface area contributed by atoms with Crippen LogP contribution in [-0.2, 0) is 11.4 Å². The van der Waals surface area contributed by atoms with E-state index in [-0.39, 0.29) is 12.2 Å². The van der Waals surface area contributed by atoms with Gasteiger partial charge in [0.05, 0.1) is 7.11 Å². The summed E-state index contributed by atoms with van der Waals surface area (Å²) in [4.78, 5) is 12.6. The SMILES string of the molecule is COc1ccc(/C=C(\C#N)C(=O)Nc2cccc(Cl)c2)c(OCc2cccc(Cl)c2)c1. The van der Waals surface area contributed by atoms with E-state index in [2.05, 4.69) is 5.32 Å². The van der Waals surface area contributed by atoms with Gasteiger partial charge in [0.15, 0.2) is 0 Å². The Kier molecular flexibility index (Phi) is 7.55. The molecule has 0 saturated carbocycles. The lowest BCUT2D eigenvalue weighted by Crippen LogP contribution is -2.13. The van der Waals surface area contributed by atoms with Gasteiger partial charge >= 0.3 is 0 Å². The molecule has 1 N–H and O–H groups in total. The van der Waals surface area contributed by atoms with Gasteiger partial charge in [-0.1, -0.05) is 41.4 Å². The highest BCUT2D eigenvalue weighted by Gasteiger charge is 2.13. The predicted molar refractivity (Wildman–Crippen MR) is 122 cm³/mol. The van der Waals surface area contributed by atoms with Crippen molar-refractivity contribution in [3.63, 3.8) is 0 Å². The van der Waals surface area contributed by atoms with Gasteiger partial charge in [0.2, 0.25) is 0 Å². The number of benzene rings is 3. The molecule has 0 fully saturated rings. The van der Waals surface area contributed by atoms with E-state index in [9.17, 15) is 10.1 Å². The topological polar surface area (TPSA) is 71.3 Å². The van der Waals surface area contributed by atoms with Gasteiger partial charge in [0.25, 0.3) is 5.91 Å². The molecule has 3 aromatic carbocycles. The summed E-state index contributed by atoms with van der Waals surface area (Å²) >= 11 is 12.0. The van der Waals surface area contributed by atoms with E-state index in [0.29, 0.717) is 32.8 Å².